The maximum atomic E-state index is 12.6. The van der Waals surface area contributed by atoms with E-state index < -0.39 is 0 Å². The third kappa shape index (κ3) is 3.56. The third-order valence-electron chi connectivity index (χ3n) is 4.76. The lowest BCUT2D eigenvalue weighted by Gasteiger charge is -2.32. The van der Waals surface area contributed by atoms with Crippen molar-refractivity contribution in [1.82, 2.24) is 15.3 Å². The Labute approximate surface area is 152 Å². The summed E-state index contributed by atoms with van der Waals surface area (Å²) in [5.74, 6) is 2.21. The van der Waals surface area contributed by atoms with Gasteiger partial charge in [-0.15, -0.1) is 0 Å². The molecule has 2 aliphatic rings. The summed E-state index contributed by atoms with van der Waals surface area (Å²) < 4.78 is 10.7. The summed E-state index contributed by atoms with van der Waals surface area (Å²) in [5.41, 5.74) is 1.93. The number of fused-ring (bicyclic) bond motifs is 1. The molecule has 1 fully saturated rings. The molecule has 0 aliphatic carbocycles. The van der Waals surface area contributed by atoms with Crippen LogP contribution in [-0.4, -0.2) is 35.8 Å². The van der Waals surface area contributed by atoms with E-state index in [9.17, 15) is 4.79 Å². The topological polar surface area (TPSA) is 76.6 Å². The van der Waals surface area contributed by atoms with Gasteiger partial charge in [0.1, 0.15) is 0 Å². The molecule has 2 aliphatic heterocycles. The molecule has 1 amide bonds. The fourth-order valence-corrected chi connectivity index (χ4v) is 3.35. The maximum absolute atomic E-state index is 12.6. The number of aryl methyl sites for hydroxylation is 1. The van der Waals surface area contributed by atoms with Gasteiger partial charge in [0, 0.05) is 31.5 Å². The first kappa shape index (κ1) is 16.6. The van der Waals surface area contributed by atoms with Crippen LogP contribution in [0.5, 0.6) is 11.5 Å². The minimum Gasteiger partial charge on any atom is -0.454 e. The highest BCUT2D eigenvalue weighted by Gasteiger charge is 2.27. The van der Waals surface area contributed by atoms with Crippen LogP contribution in [0.2, 0.25) is 0 Å². The van der Waals surface area contributed by atoms with E-state index in [1.807, 2.05) is 31.2 Å². The fourth-order valence-electron chi connectivity index (χ4n) is 3.35. The molecule has 1 saturated heterocycles. The minimum atomic E-state index is -0.0538. The van der Waals surface area contributed by atoms with Crippen molar-refractivity contribution in [1.29, 1.82) is 0 Å². The molecule has 26 heavy (non-hydrogen) atoms. The molecule has 0 bridgehead atoms. The highest BCUT2D eigenvalue weighted by Crippen LogP contribution is 2.32. The second-order valence-electron chi connectivity index (χ2n) is 6.69. The van der Waals surface area contributed by atoms with Crippen molar-refractivity contribution in [2.24, 2.45) is 5.92 Å². The lowest BCUT2D eigenvalue weighted by atomic mass is 9.97. The number of ether oxygens (including phenoxy) is 2. The lowest BCUT2D eigenvalue weighted by molar-refractivity contribution is -0.125. The van der Waals surface area contributed by atoms with Crippen molar-refractivity contribution in [3.05, 3.63) is 41.7 Å². The van der Waals surface area contributed by atoms with Crippen molar-refractivity contribution >= 4 is 11.9 Å². The van der Waals surface area contributed by atoms with Crippen LogP contribution in [0.3, 0.4) is 0 Å². The van der Waals surface area contributed by atoms with Crippen LogP contribution >= 0.6 is 0 Å². The summed E-state index contributed by atoms with van der Waals surface area (Å²) in [6.07, 6.45) is 3.61. The molecule has 7 heteroatoms. The Morgan fingerprint density at radius 3 is 3.08 bits per heavy atom. The van der Waals surface area contributed by atoms with E-state index in [-0.39, 0.29) is 18.6 Å². The van der Waals surface area contributed by atoms with E-state index in [0.717, 1.165) is 42.1 Å². The monoisotopic (exact) mass is 354 g/mol. The number of nitrogens with one attached hydrogen (secondary N) is 1. The van der Waals surface area contributed by atoms with E-state index in [4.69, 9.17) is 9.47 Å². The molecule has 1 aromatic heterocycles. The van der Waals surface area contributed by atoms with Gasteiger partial charge in [0.2, 0.25) is 18.6 Å². The van der Waals surface area contributed by atoms with Gasteiger partial charge >= 0.3 is 0 Å². The number of piperidine rings is 1. The first-order chi connectivity index (χ1) is 12.7. The molecule has 136 valence electrons. The Balaban J connectivity index is 1.35. The molecule has 7 nitrogen and oxygen atoms in total. The number of aromatic nitrogens is 2. The lowest BCUT2D eigenvalue weighted by Crippen LogP contribution is -2.43. The van der Waals surface area contributed by atoms with Crippen molar-refractivity contribution in [2.45, 2.75) is 26.3 Å². The zero-order chi connectivity index (χ0) is 17.9. The van der Waals surface area contributed by atoms with E-state index >= 15 is 0 Å². The fraction of sp³-hybridized carbons (Fsp3) is 0.421. The number of amides is 1. The van der Waals surface area contributed by atoms with Gasteiger partial charge in [0.15, 0.2) is 11.5 Å². The summed E-state index contributed by atoms with van der Waals surface area (Å²) in [6, 6.07) is 7.61. The first-order valence-electron chi connectivity index (χ1n) is 8.90. The Kier molecular flexibility index (Phi) is 4.60. The van der Waals surface area contributed by atoms with Gasteiger partial charge in [-0.05, 0) is 43.5 Å². The van der Waals surface area contributed by atoms with Gasteiger partial charge < -0.3 is 19.7 Å². The standard InChI is InChI=1S/C19H22N4O3/c1-13-6-7-20-19(22-13)23-8-2-3-15(11-23)18(24)21-10-14-4-5-16-17(9-14)26-12-25-16/h4-7,9,15H,2-3,8,10-12H2,1H3,(H,21,24)/t15-/m0/s1. The van der Waals surface area contributed by atoms with E-state index in [2.05, 4.69) is 20.2 Å². The Morgan fingerprint density at radius 2 is 2.19 bits per heavy atom. The van der Waals surface area contributed by atoms with Crippen LogP contribution in [0.25, 0.3) is 0 Å². The number of rotatable bonds is 4. The number of hydrogen-bond donors (Lipinski definition) is 1. The van der Waals surface area contributed by atoms with Gasteiger partial charge in [0.05, 0.1) is 5.92 Å². The minimum absolute atomic E-state index is 0.0538. The Bertz CT molecular complexity index is 811. The van der Waals surface area contributed by atoms with Crippen molar-refractivity contribution in [3.8, 4) is 11.5 Å². The quantitative estimate of drug-likeness (QED) is 0.906. The molecule has 3 heterocycles. The Hall–Kier alpha value is -2.83. The normalized spacial score (nSPS) is 18.7. The summed E-state index contributed by atoms with van der Waals surface area (Å²) in [4.78, 5) is 23.5. The average molecular weight is 354 g/mol. The predicted octanol–water partition coefficient (Wildman–Crippen LogP) is 2.05. The Morgan fingerprint density at radius 1 is 1.31 bits per heavy atom. The molecular formula is C19H22N4O3. The van der Waals surface area contributed by atoms with Crippen LogP contribution < -0.4 is 19.7 Å². The van der Waals surface area contributed by atoms with Crippen LogP contribution in [0.15, 0.2) is 30.5 Å². The second-order valence-corrected chi connectivity index (χ2v) is 6.69. The van der Waals surface area contributed by atoms with Crippen molar-refractivity contribution in [2.75, 3.05) is 24.8 Å². The summed E-state index contributed by atoms with van der Waals surface area (Å²) >= 11 is 0. The highest BCUT2D eigenvalue weighted by atomic mass is 16.7. The molecular weight excluding hydrogens is 332 g/mol. The van der Waals surface area contributed by atoms with Gasteiger partial charge in [0.25, 0.3) is 0 Å². The zero-order valence-electron chi connectivity index (χ0n) is 14.8. The zero-order valence-corrected chi connectivity index (χ0v) is 14.8. The van der Waals surface area contributed by atoms with Gasteiger partial charge in [-0.25, -0.2) is 9.97 Å². The van der Waals surface area contributed by atoms with Crippen LogP contribution in [-0.2, 0) is 11.3 Å². The summed E-state index contributed by atoms with van der Waals surface area (Å²) in [7, 11) is 0. The summed E-state index contributed by atoms with van der Waals surface area (Å²) in [6.45, 7) is 4.22. The van der Waals surface area contributed by atoms with Gasteiger partial charge in [-0.1, -0.05) is 6.07 Å². The number of carbonyl (C=O) groups is 1. The third-order valence-corrected chi connectivity index (χ3v) is 4.76. The van der Waals surface area contributed by atoms with Crippen LogP contribution in [0, 0.1) is 12.8 Å². The molecule has 1 aromatic carbocycles. The highest BCUT2D eigenvalue weighted by molar-refractivity contribution is 5.79. The second kappa shape index (κ2) is 7.19. The molecule has 1 N–H and O–H groups in total. The van der Waals surface area contributed by atoms with Crippen LogP contribution in [0.1, 0.15) is 24.1 Å². The molecule has 1 atom stereocenters. The van der Waals surface area contributed by atoms with E-state index in [0.29, 0.717) is 19.0 Å². The number of benzene rings is 1. The van der Waals surface area contributed by atoms with Crippen molar-refractivity contribution in [3.63, 3.8) is 0 Å². The number of hydrogen-bond acceptors (Lipinski definition) is 6. The largest absolute Gasteiger partial charge is 0.454 e. The molecule has 0 unspecified atom stereocenters. The maximum Gasteiger partial charge on any atom is 0.231 e. The molecule has 4 rings (SSSR count). The SMILES string of the molecule is Cc1ccnc(N2CCC[C@H](C(=O)NCc3ccc4c(c3)OCO4)C2)n1. The van der Waals surface area contributed by atoms with Crippen LogP contribution in [0.4, 0.5) is 5.95 Å². The summed E-state index contributed by atoms with van der Waals surface area (Å²) in [5, 5.41) is 3.04. The molecule has 0 saturated carbocycles. The average Bonchev–Trinajstić information content (AvgIpc) is 3.14. The molecule has 0 radical (unpaired) electrons. The smallest absolute Gasteiger partial charge is 0.231 e. The van der Waals surface area contributed by atoms with Gasteiger partial charge in [-0.2, -0.15) is 0 Å². The predicted molar refractivity (Wildman–Crippen MR) is 96.1 cm³/mol. The molecule has 0 spiro atoms. The van der Waals surface area contributed by atoms with E-state index in [1.54, 1.807) is 6.20 Å². The van der Waals surface area contributed by atoms with E-state index in [1.165, 1.54) is 0 Å². The number of nitrogens with zero attached hydrogens (tertiary/aromatic N) is 3. The first-order valence-corrected chi connectivity index (χ1v) is 8.90. The van der Waals surface area contributed by atoms with Crippen molar-refractivity contribution < 1.29 is 14.3 Å². The number of carbonyl (C=O) groups excluding carboxylic acids is 1. The molecule has 2 aromatic rings. The number of anilines is 1. The van der Waals surface area contributed by atoms with Gasteiger partial charge in [-0.3, -0.25) is 4.79 Å².